The van der Waals surface area contributed by atoms with E-state index >= 15 is 0 Å². The fraction of sp³-hybridized carbons (Fsp3) is 0.211. The van der Waals surface area contributed by atoms with Gasteiger partial charge in [0.05, 0.1) is 5.56 Å². The molecule has 1 unspecified atom stereocenters. The second-order valence-corrected chi connectivity index (χ2v) is 6.64. The van der Waals surface area contributed by atoms with Gasteiger partial charge >= 0.3 is 5.97 Å². The number of alkyl halides is 2. The lowest BCUT2D eigenvalue weighted by atomic mass is 10.1. The van der Waals surface area contributed by atoms with Gasteiger partial charge in [-0.1, -0.05) is 11.8 Å². The molecule has 0 aromatic heterocycles. The quantitative estimate of drug-likeness (QED) is 0.429. The van der Waals surface area contributed by atoms with Crippen LogP contribution in [-0.2, 0) is 9.53 Å². The van der Waals surface area contributed by atoms with Crippen molar-refractivity contribution in [1.82, 2.24) is 0 Å². The molecule has 2 rings (SSSR count). The summed E-state index contributed by atoms with van der Waals surface area (Å²) in [6.07, 6.45) is -1.07. The van der Waals surface area contributed by atoms with Gasteiger partial charge in [0, 0.05) is 16.1 Å². The number of Topliss-reactive ketones (excluding diaryl/α,β-unsaturated/α-hetero) is 1. The number of hydrogen-bond donors (Lipinski definition) is 1. The van der Waals surface area contributed by atoms with Crippen LogP contribution in [0.3, 0.4) is 0 Å². The van der Waals surface area contributed by atoms with Crippen LogP contribution in [0.15, 0.2) is 53.4 Å². The summed E-state index contributed by atoms with van der Waals surface area (Å²) in [5.41, 5.74) is 1.13. The summed E-state index contributed by atoms with van der Waals surface area (Å²) in [5, 5.41) is 2.58. The molecule has 142 valence electrons. The molecule has 2 aromatic rings. The molecule has 0 saturated heterocycles. The molecule has 0 heterocycles. The number of amides is 1. The summed E-state index contributed by atoms with van der Waals surface area (Å²) in [7, 11) is 0. The number of hydrogen-bond acceptors (Lipinski definition) is 5. The fourth-order valence-corrected chi connectivity index (χ4v) is 2.59. The van der Waals surface area contributed by atoms with Crippen LogP contribution in [0.2, 0.25) is 0 Å². The first-order chi connectivity index (χ1) is 12.8. The van der Waals surface area contributed by atoms with Crippen molar-refractivity contribution in [3.63, 3.8) is 0 Å². The van der Waals surface area contributed by atoms with Gasteiger partial charge in [-0.15, -0.1) is 0 Å². The van der Waals surface area contributed by atoms with E-state index < -0.39 is 23.7 Å². The van der Waals surface area contributed by atoms with Crippen LogP contribution >= 0.6 is 11.8 Å². The molecule has 0 saturated carbocycles. The Kier molecular flexibility index (Phi) is 7.06. The van der Waals surface area contributed by atoms with Crippen LogP contribution in [-0.4, -0.2) is 29.5 Å². The van der Waals surface area contributed by atoms with Crippen LogP contribution in [0, 0.1) is 0 Å². The second-order valence-electron chi connectivity index (χ2n) is 5.57. The lowest BCUT2D eigenvalue weighted by molar-refractivity contribution is -0.123. The standard InChI is InChI=1S/C19H17F2NO4S/c1-11(23)13-3-7-15(8-4-13)22-17(24)12(2)26-18(25)14-5-9-16(10-6-14)27-19(20)21/h3-10,12,19H,1-2H3,(H,22,24). The lowest BCUT2D eigenvalue weighted by Crippen LogP contribution is -2.30. The van der Waals surface area contributed by atoms with Crippen LogP contribution < -0.4 is 5.32 Å². The molecule has 27 heavy (non-hydrogen) atoms. The normalized spacial score (nSPS) is 11.7. The number of thioether (sulfide) groups is 1. The number of anilines is 1. The highest BCUT2D eigenvalue weighted by Crippen LogP contribution is 2.25. The number of carbonyl (C=O) groups is 3. The van der Waals surface area contributed by atoms with Gasteiger partial charge in [0.1, 0.15) is 0 Å². The Morgan fingerprint density at radius 3 is 2.04 bits per heavy atom. The van der Waals surface area contributed by atoms with E-state index in [9.17, 15) is 23.2 Å². The van der Waals surface area contributed by atoms with Crippen LogP contribution in [0.25, 0.3) is 0 Å². The van der Waals surface area contributed by atoms with Crippen molar-refractivity contribution >= 4 is 35.1 Å². The Bertz CT molecular complexity index is 823. The first-order valence-electron chi connectivity index (χ1n) is 7.94. The third kappa shape index (κ3) is 6.18. The van der Waals surface area contributed by atoms with Crippen molar-refractivity contribution in [3.05, 3.63) is 59.7 Å². The molecule has 5 nitrogen and oxygen atoms in total. The highest BCUT2D eigenvalue weighted by molar-refractivity contribution is 7.99. The molecular formula is C19H17F2NO4S. The van der Waals surface area contributed by atoms with Gasteiger partial charge in [-0.25, -0.2) is 4.79 Å². The first kappa shape index (κ1) is 20.6. The summed E-state index contributed by atoms with van der Waals surface area (Å²) in [6.45, 7) is 2.85. The van der Waals surface area contributed by atoms with Crippen molar-refractivity contribution in [3.8, 4) is 0 Å². The minimum absolute atomic E-state index is 0.0897. The Morgan fingerprint density at radius 2 is 1.52 bits per heavy atom. The topological polar surface area (TPSA) is 72.5 Å². The SMILES string of the molecule is CC(=O)c1ccc(NC(=O)C(C)OC(=O)c2ccc(SC(F)F)cc2)cc1. The average molecular weight is 393 g/mol. The van der Waals surface area contributed by atoms with Crippen molar-refractivity contribution < 1.29 is 27.9 Å². The first-order valence-corrected chi connectivity index (χ1v) is 8.82. The highest BCUT2D eigenvalue weighted by Gasteiger charge is 2.19. The van der Waals surface area contributed by atoms with E-state index in [1.165, 1.54) is 38.1 Å². The monoisotopic (exact) mass is 393 g/mol. The van der Waals surface area contributed by atoms with E-state index in [1.807, 2.05) is 0 Å². The number of ether oxygens (including phenoxy) is 1. The molecular weight excluding hydrogens is 376 g/mol. The Labute approximate surface area is 159 Å². The van der Waals surface area contributed by atoms with Crippen LogP contribution in [0.4, 0.5) is 14.5 Å². The minimum atomic E-state index is -2.55. The largest absolute Gasteiger partial charge is 0.449 e. The van der Waals surface area contributed by atoms with Crippen LogP contribution in [0.1, 0.15) is 34.6 Å². The smallest absolute Gasteiger partial charge is 0.338 e. The molecule has 1 N–H and O–H groups in total. The molecule has 0 aliphatic rings. The van der Waals surface area contributed by atoms with E-state index in [2.05, 4.69) is 5.32 Å². The molecule has 0 aliphatic carbocycles. The number of esters is 1. The zero-order valence-electron chi connectivity index (χ0n) is 14.6. The molecule has 0 radical (unpaired) electrons. The predicted octanol–water partition coefficient (Wildman–Crippen LogP) is 4.39. The van der Waals surface area contributed by atoms with Gasteiger partial charge in [-0.05, 0) is 62.4 Å². The second kappa shape index (κ2) is 9.27. The van der Waals surface area contributed by atoms with E-state index in [4.69, 9.17) is 4.74 Å². The van der Waals surface area contributed by atoms with E-state index in [1.54, 1.807) is 24.3 Å². The van der Waals surface area contributed by atoms with Crippen LogP contribution in [0.5, 0.6) is 0 Å². The maximum atomic E-state index is 12.3. The van der Waals surface area contributed by atoms with Crippen molar-refractivity contribution in [1.29, 1.82) is 0 Å². The van der Waals surface area contributed by atoms with E-state index in [0.717, 1.165) is 0 Å². The number of ketones is 1. The summed E-state index contributed by atoms with van der Waals surface area (Å²) < 4.78 is 29.7. The van der Waals surface area contributed by atoms with Gasteiger partial charge in [0.25, 0.3) is 11.7 Å². The lowest BCUT2D eigenvalue weighted by Gasteiger charge is -2.14. The maximum Gasteiger partial charge on any atom is 0.338 e. The maximum absolute atomic E-state index is 12.3. The molecule has 0 spiro atoms. The zero-order chi connectivity index (χ0) is 20.0. The molecule has 0 aliphatic heterocycles. The number of benzene rings is 2. The third-order valence-electron chi connectivity index (χ3n) is 3.53. The highest BCUT2D eigenvalue weighted by atomic mass is 32.2. The average Bonchev–Trinajstić information content (AvgIpc) is 2.62. The Balaban J connectivity index is 1.92. The summed E-state index contributed by atoms with van der Waals surface area (Å²) in [5.74, 6) is -3.91. The summed E-state index contributed by atoms with van der Waals surface area (Å²) >= 11 is 0.371. The molecule has 2 aromatic carbocycles. The fourth-order valence-electron chi connectivity index (χ4n) is 2.09. The van der Waals surface area contributed by atoms with Gasteiger partial charge in [-0.3, -0.25) is 9.59 Å². The molecule has 8 heteroatoms. The molecule has 1 atom stereocenters. The van der Waals surface area contributed by atoms with E-state index in [-0.39, 0.29) is 11.3 Å². The molecule has 1 amide bonds. The van der Waals surface area contributed by atoms with Crippen molar-refractivity contribution in [2.24, 2.45) is 0 Å². The van der Waals surface area contributed by atoms with Gasteiger partial charge in [0.2, 0.25) is 0 Å². The van der Waals surface area contributed by atoms with Gasteiger partial charge in [0.15, 0.2) is 11.9 Å². The van der Waals surface area contributed by atoms with Crippen molar-refractivity contribution in [2.75, 3.05) is 5.32 Å². The number of nitrogens with one attached hydrogen (secondary N) is 1. The number of rotatable bonds is 7. The predicted molar refractivity (Wildman–Crippen MR) is 98.3 cm³/mol. The molecule has 0 bridgehead atoms. The Morgan fingerprint density at radius 1 is 0.963 bits per heavy atom. The summed E-state index contributed by atoms with van der Waals surface area (Å²) in [4.78, 5) is 35.8. The third-order valence-corrected chi connectivity index (χ3v) is 4.25. The zero-order valence-corrected chi connectivity index (χ0v) is 15.4. The Hall–Kier alpha value is -2.74. The number of halogens is 2. The van der Waals surface area contributed by atoms with Crippen molar-refractivity contribution in [2.45, 2.75) is 30.6 Å². The van der Waals surface area contributed by atoms with Gasteiger partial charge < -0.3 is 10.1 Å². The number of carbonyl (C=O) groups excluding carboxylic acids is 3. The summed E-state index contributed by atoms with van der Waals surface area (Å²) in [6, 6.07) is 11.8. The minimum Gasteiger partial charge on any atom is -0.449 e. The van der Waals surface area contributed by atoms with Gasteiger partial charge in [-0.2, -0.15) is 8.78 Å². The van der Waals surface area contributed by atoms with E-state index in [0.29, 0.717) is 27.9 Å². The molecule has 0 fully saturated rings.